The van der Waals surface area contributed by atoms with Crippen molar-refractivity contribution in [3.63, 3.8) is 0 Å². The number of hydrogen-bond acceptors (Lipinski definition) is 6. The number of hydrazone groups is 1. The molecule has 10 heteroatoms. The number of carbonyl (C=O) groups excluding carboxylic acids is 3. The van der Waals surface area contributed by atoms with Crippen LogP contribution in [0.3, 0.4) is 0 Å². The van der Waals surface area contributed by atoms with Gasteiger partial charge >= 0.3 is 0 Å². The molecular weight excluding hydrogens is 408 g/mol. The summed E-state index contributed by atoms with van der Waals surface area (Å²) in [7, 11) is 0. The summed E-state index contributed by atoms with van der Waals surface area (Å²) in [6.07, 6.45) is 1.41. The highest BCUT2D eigenvalue weighted by Crippen LogP contribution is 2.16. The monoisotopic (exact) mass is 426 g/mol. The van der Waals surface area contributed by atoms with Gasteiger partial charge in [-0.3, -0.25) is 19.7 Å². The summed E-state index contributed by atoms with van der Waals surface area (Å²) in [6, 6.07) is 12.9. The van der Waals surface area contributed by atoms with E-state index in [1.807, 2.05) is 0 Å². The SMILES string of the molecule is CC(=O)Nc1cccc(NC(=O)CC2N=C(N/N=C/c3ccc(Cl)cc3)NC2=O)c1. The second-order valence-corrected chi connectivity index (χ2v) is 6.86. The Balaban J connectivity index is 1.54. The first kappa shape index (κ1) is 21.0. The maximum atomic E-state index is 12.3. The van der Waals surface area contributed by atoms with Crippen LogP contribution in [0.1, 0.15) is 18.9 Å². The lowest BCUT2D eigenvalue weighted by Crippen LogP contribution is -2.35. The van der Waals surface area contributed by atoms with Crippen molar-refractivity contribution in [2.75, 3.05) is 10.6 Å². The van der Waals surface area contributed by atoms with E-state index >= 15 is 0 Å². The van der Waals surface area contributed by atoms with Gasteiger partial charge in [0.05, 0.1) is 12.6 Å². The number of aliphatic imine (C=N–C) groups is 1. The van der Waals surface area contributed by atoms with Crippen LogP contribution >= 0.6 is 11.6 Å². The molecule has 0 radical (unpaired) electrons. The van der Waals surface area contributed by atoms with Crippen LogP contribution in [0.4, 0.5) is 11.4 Å². The fourth-order valence-corrected chi connectivity index (χ4v) is 2.75. The molecule has 2 aromatic rings. The molecule has 1 aliphatic heterocycles. The zero-order valence-corrected chi connectivity index (χ0v) is 16.7. The normalized spacial score (nSPS) is 15.5. The quantitative estimate of drug-likeness (QED) is 0.417. The molecule has 4 N–H and O–H groups in total. The fraction of sp³-hybridized carbons (Fsp3) is 0.150. The Bertz CT molecular complexity index is 1020. The van der Waals surface area contributed by atoms with Crippen molar-refractivity contribution in [1.29, 1.82) is 0 Å². The second-order valence-electron chi connectivity index (χ2n) is 6.42. The summed E-state index contributed by atoms with van der Waals surface area (Å²) in [5.41, 5.74) is 4.51. The molecule has 1 heterocycles. The van der Waals surface area contributed by atoms with Crippen molar-refractivity contribution in [2.45, 2.75) is 19.4 Å². The molecule has 9 nitrogen and oxygen atoms in total. The van der Waals surface area contributed by atoms with Crippen LogP contribution < -0.4 is 21.4 Å². The molecule has 1 atom stereocenters. The van der Waals surface area contributed by atoms with Gasteiger partial charge in [-0.2, -0.15) is 5.10 Å². The zero-order chi connectivity index (χ0) is 21.5. The molecule has 0 saturated carbocycles. The van der Waals surface area contributed by atoms with Crippen LogP contribution in [0.2, 0.25) is 5.02 Å². The minimum atomic E-state index is -0.864. The molecule has 3 amide bonds. The number of nitrogens with zero attached hydrogens (tertiary/aromatic N) is 2. The third kappa shape index (κ3) is 6.14. The number of benzene rings is 2. The molecule has 1 unspecified atom stereocenters. The Hall–Kier alpha value is -3.72. The molecule has 0 aliphatic carbocycles. The van der Waals surface area contributed by atoms with E-state index in [-0.39, 0.29) is 24.2 Å². The molecule has 0 spiro atoms. The lowest BCUT2D eigenvalue weighted by atomic mass is 10.2. The van der Waals surface area contributed by atoms with Crippen LogP contribution in [-0.4, -0.2) is 35.9 Å². The molecule has 0 fully saturated rings. The van der Waals surface area contributed by atoms with E-state index < -0.39 is 11.9 Å². The van der Waals surface area contributed by atoms with E-state index in [0.717, 1.165) is 5.56 Å². The Morgan fingerprint density at radius 3 is 2.57 bits per heavy atom. The number of hydrogen-bond donors (Lipinski definition) is 4. The average Bonchev–Trinajstić information content (AvgIpc) is 3.02. The van der Waals surface area contributed by atoms with Gasteiger partial charge in [-0.1, -0.05) is 29.8 Å². The van der Waals surface area contributed by atoms with Gasteiger partial charge in [-0.05, 0) is 35.9 Å². The summed E-state index contributed by atoms with van der Waals surface area (Å²) in [6.45, 7) is 1.40. The molecular formula is C20H19ClN6O3. The van der Waals surface area contributed by atoms with Crippen LogP contribution in [0.25, 0.3) is 0 Å². The third-order valence-corrected chi connectivity index (χ3v) is 4.18. The number of rotatable bonds is 6. The molecule has 0 saturated heterocycles. The number of halogens is 1. The fourth-order valence-electron chi connectivity index (χ4n) is 2.62. The summed E-state index contributed by atoms with van der Waals surface area (Å²) >= 11 is 5.83. The number of anilines is 2. The first-order chi connectivity index (χ1) is 14.4. The maximum Gasteiger partial charge on any atom is 0.252 e. The standard InChI is InChI=1S/C20H19ClN6O3/c1-12(28)23-15-3-2-4-16(9-15)24-18(29)10-17-19(30)26-20(25-17)27-22-11-13-5-7-14(21)8-6-13/h2-9,11,17H,10H2,1H3,(H,23,28)(H,24,29)(H2,25,26,27,30)/b22-11+. The maximum absolute atomic E-state index is 12.3. The summed E-state index contributed by atoms with van der Waals surface area (Å²) < 4.78 is 0. The van der Waals surface area contributed by atoms with Crippen LogP contribution in [-0.2, 0) is 14.4 Å². The Kier molecular flexibility index (Phi) is 6.76. The van der Waals surface area contributed by atoms with Crippen LogP contribution in [0, 0.1) is 0 Å². The van der Waals surface area contributed by atoms with Gasteiger partial charge in [0.2, 0.25) is 17.8 Å². The van der Waals surface area contributed by atoms with Crippen molar-refractivity contribution in [3.05, 3.63) is 59.1 Å². The first-order valence-corrected chi connectivity index (χ1v) is 9.37. The minimum Gasteiger partial charge on any atom is -0.326 e. The van der Waals surface area contributed by atoms with Gasteiger partial charge in [0.1, 0.15) is 6.04 Å². The van der Waals surface area contributed by atoms with Gasteiger partial charge in [-0.15, -0.1) is 0 Å². The highest BCUT2D eigenvalue weighted by molar-refractivity contribution is 6.30. The van der Waals surface area contributed by atoms with Gasteiger partial charge in [-0.25, -0.2) is 10.4 Å². The van der Waals surface area contributed by atoms with E-state index in [1.54, 1.807) is 54.7 Å². The minimum absolute atomic E-state index is 0.137. The first-order valence-electron chi connectivity index (χ1n) is 9.00. The Morgan fingerprint density at radius 1 is 1.17 bits per heavy atom. The molecule has 0 aromatic heterocycles. The van der Waals surface area contributed by atoms with Crippen molar-refractivity contribution < 1.29 is 14.4 Å². The van der Waals surface area contributed by atoms with Crippen molar-refractivity contribution >= 4 is 52.9 Å². The summed E-state index contributed by atoms with van der Waals surface area (Å²) in [5, 5.41) is 12.5. The molecule has 2 aromatic carbocycles. The summed E-state index contributed by atoms with van der Waals surface area (Å²) in [5.74, 6) is -0.837. The lowest BCUT2D eigenvalue weighted by molar-refractivity contribution is -0.123. The largest absolute Gasteiger partial charge is 0.326 e. The molecule has 154 valence electrons. The highest BCUT2D eigenvalue weighted by Gasteiger charge is 2.28. The van der Waals surface area contributed by atoms with Gasteiger partial charge in [0, 0.05) is 23.3 Å². The van der Waals surface area contributed by atoms with E-state index in [4.69, 9.17) is 11.6 Å². The smallest absolute Gasteiger partial charge is 0.252 e. The van der Waals surface area contributed by atoms with Crippen LogP contribution in [0.15, 0.2) is 58.6 Å². The molecule has 0 bridgehead atoms. The van der Waals surface area contributed by atoms with Crippen molar-refractivity contribution in [1.82, 2.24) is 10.7 Å². The van der Waals surface area contributed by atoms with E-state index in [9.17, 15) is 14.4 Å². The lowest BCUT2D eigenvalue weighted by Gasteiger charge is -2.09. The van der Waals surface area contributed by atoms with E-state index in [1.165, 1.54) is 6.92 Å². The number of amides is 3. The summed E-state index contributed by atoms with van der Waals surface area (Å²) in [4.78, 5) is 39.6. The molecule has 3 rings (SSSR count). The van der Waals surface area contributed by atoms with E-state index in [0.29, 0.717) is 16.4 Å². The van der Waals surface area contributed by atoms with Gasteiger partial charge in [0.25, 0.3) is 5.91 Å². The third-order valence-electron chi connectivity index (χ3n) is 3.93. The number of guanidine groups is 1. The topological polar surface area (TPSA) is 124 Å². The molecule has 30 heavy (non-hydrogen) atoms. The van der Waals surface area contributed by atoms with Crippen LogP contribution in [0.5, 0.6) is 0 Å². The number of nitrogens with one attached hydrogen (secondary N) is 4. The Labute approximate surface area is 177 Å². The van der Waals surface area contributed by atoms with Gasteiger partial charge < -0.3 is 10.6 Å². The Morgan fingerprint density at radius 2 is 1.87 bits per heavy atom. The zero-order valence-electron chi connectivity index (χ0n) is 16.0. The highest BCUT2D eigenvalue weighted by atomic mass is 35.5. The van der Waals surface area contributed by atoms with Crippen molar-refractivity contribution in [2.24, 2.45) is 10.1 Å². The molecule has 1 aliphatic rings. The van der Waals surface area contributed by atoms with Gasteiger partial charge in [0.15, 0.2) is 0 Å². The second kappa shape index (κ2) is 9.66. The predicted molar refractivity (Wildman–Crippen MR) is 116 cm³/mol. The predicted octanol–water partition coefficient (Wildman–Crippen LogP) is 2.11. The van der Waals surface area contributed by atoms with Crippen molar-refractivity contribution in [3.8, 4) is 0 Å². The number of carbonyl (C=O) groups is 3. The van der Waals surface area contributed by atoms with E-state index in [2.05, 4.69) is 31.5 Å². The average molecular weight is 427 g/mol.